The summed E-state index contributed by atoms with van der Waals surface area (Å²) in [4.78, 5) is 8.17. The Labute approximate surface area is 228 Å². The number of hydrogen-bond acceptors (Lipinski definition) is 9. The average Bonchev–Trinajstić information content (AvgIpc) is 3.36. The fraction of sp³-hybridized carbons (Fsp3) is 0.308. The van der Waals surface area contributed by atoms with E-state index >= 15 is 0 Å². The van der Waals surface area contributed by atoms with Crippen molar-refractivity contribution in [3.63, 3.8) is 0 Å². The molecule has 210 valence electrons. The fourth-order valence-corrected chi connectivity index (χ4v) is 5.91. The standard InChI is InChI=1S/C26H25F3N6O4S/c1-15-11-19(26(27,28)29)13-31-24(15)32-21-8-10-35(14-23(21)36)40(37,38)20-5-3-17(4-6-20)18-7-9-30-22(12-18)25-34-33-16(2)39-25/h3-7,9,11-13,21,23,36H,8,10,14H2,1-2H3,(H,31,32)/t21-,23+/m1/s1. The second kappa shape index (κ2) is 10.6. The molecule has 1 aliphatic heterocycles. The highest BCUT2D eigenvalue weighted by Crippen LogP contribution is 2.31. The van der Waals surface area contributed by atoms with Crippen LogP contribution in [0.25, 0.3) is 22.7 Å². The normalized spacial score (nSPS) is 18.6. The number of halogens is 3. The van der Waals surface area contributed by atoms with E-state index in [9.17, 15) is 26.7 Å². The number of sulfonamides is 1. The van der Waals surface area contributed by atoms with E-state index in [1.165, 1.54) is 23.4 Å². The number of benzene rings is 1. The van der Waals surface area contributed by atoms with Gasteiger partial charge in [0.2, 0.25) is 15.9 Å². The van der Waals surface area contributed by atoms with Crippen LogP contribution in [0, 0.1) is 13.8 Å². The van der Waals surface area contributed by atoms with Crippen molar-refractivity contribution in [2.45, 2.75) is 43.5 Å². The van der Waals surface area contributed by atoms with E-state index < -0.39 is 33.9 Å². The zero-order valence-corrected chi connectivity index (χ0v) is 22.2. The molecule has 14 heteroatoms. The molecule has 0 bridgehead atoms. The van der Waals surface area contributed by atoms with E-state index in [-0.39, 0.29) is 41.7 Å². The van der Waals surface area contributed by atoms with E-state index in [2.05, 4.69) is 25.5 Å². The van der Waals surface area contributed by atoms with Crippen LogP contribution in [0.15, 0.2) is 64.2 Å². The first-order valence-electron chi connectivity index (χ1n) is 12.3. The molecule has 0 spiro atoms. The van der Waals surface area contributed by atoms with E-state index in [0.717, 1.165) is 23.4 Å². The Morgan fingerprint density at radius 3 is 2.42 bits per heavy atom. The Morgan fingerprint density at radius 1 is 1.05 bits per heavy atom. The summed E-state index contributed by atoms with van der Waals surface area (Å²) in [6.07, 6.45) is -3.06. The van der Waals surface area contributed by atoms with Gasteiger partial charge in [0.05, 0.1) is 22.6 Å². The summed E-state index contributed by atoms with van der Waals surface area (Å²) in [6, 6.07) is 10.3. The summed E-state index contributed by atoms with van der Waals surface area (Å²) < 4.78 is 72.0. The molecule has 1 aromatic carbocycles. The van der Waals surface area contributed by atoms with Gasteiger partial charge in [-0.2, -0.15) is 17.5 Å². The van der Waals surface area contributed by atoms with Gasteiger partial charge in [-0.1, -0.05) is 12.1 Å². The number of rotatable bonds is 6. The first-order valence-corrected chi connectivity index (χ1v) is 13.7. The smallest absolute Gasteiger partial charge is 0.417 e. The zero-order valence-electron chi connectivity index (χ0n) is 21.4. The molecule has 1 aliphatic rings. The van der Waals surface area contributed by atoms with Gasteiger partial charge in [0, 0.05) is 32.4 Å². The maximum Gasteiger partial charge on any atom is 0.417 e. The average molecular weight is 575 g/mol. The van der Waals surface area contributed by atoms with Crippen LogP contribution < -0.4 is 5.32 Å². The van der Waals surface area contributed by atoms with Gasteiger partial charge in [-0.25, -0.2) is 13.4 Å². The van der Waals surface area contributed by atoms with Crippen LogP contribution in [0.2, 0.25) is 0 Å². The predicted molar refractivity (Wildman–Crippen MR) is 138 cm³/mol. The number of pyridine rings is 2. The summed E-state index contributed by atoms with van der Waals surface area (Å²) >= 11 is 0. The molecule has 1 saturated heterocycles. The van der Waals surface area contributed by atoms with Gasteiger partial charge in [0.1, 0.15) is 11.5 Å². The number of β-amino-alcohol motifs (C(OH)–C–C–N with tert-alkyl or cyclic N) is 1. The van der Waals surface area contributed by atoms with Crippen molar-refractivity contribution in [1.29, 1.82) is 0 Å². The molecule has 4 heterocycles. The molecular formula is C26H25F3N6O4S. The Hall–Kier alpha value is -3.88. The third-order valence-corrected chi connectivity index (χ3v) is 8.48. The first-order chi connectivity index (χ1) is 18.9. The number of aliphatic hydroxyl groups is 1. The highest BCUT2D eigenvalue weighted by molar-refractivity contribution is 7.89. The largest absolute Gasteiger partial charge is 0.420 e. The van der Waals surface area contributed by atoms with Gasteiger partial charge in [-0.3, -0.25) is 4.98 Å². The summed E-state index contributed by atoms with van der Waals surface area (Å²) in [5.41, 5.74) is 1.42. The number of hydrogen-bond donors (Lipinski definition) is 2. The predicted octanol–water partition coefficient (Wildman–Crippen LogP) is 4.07. The van der Waals surface area contributed by atoms with Gasteiger partial charge in [-0.05, 0) is 60.4 Å². The maximum atomic E-state index is 13.3. The van der Waals surface area contributed by atoms with Crippen LogP contribution >= 0.6 is 0 Å². The summed E-state index contributed by atoms with van der Waals surface area (Å²) in [5.74, 6) is 0.893. The molecule has 5 rings (SSSR count). The van der Waals surface area contributed by atoms with Gasteiger partial charge in [0.25, 0.3) is 5.89 Å². The summed E-state index contributed by atoms with van der Waals surface area (Å²) in [5, 5.41) is 21.4. The molecule has 40 heavy (non-hydrogen) atoms. The number of piperidine rings is 1. The topological polar surface area (TPSA) is 134 Å². The van der Waals surface area contributed by atoms with Crippen LogP contribution in [0.4, 0.5) is 19.0 Å². The van der Waals surface area contributed by atoms with E-state index in [1.807, 2.05) is 0 Å². The first kappa shape index (κ1) is 27.7. The highest BCUT2D eigenvalue weighted by atomic mass is 32.2. The highest BCUT2D eigenvalue weighted by Gasteiger charge is 2.36. The molecule has 2 N–H and O–H groups in total. The third-order valence-electron chi connectivity index (χ3n) is 6.60. The quantitative estimate of drug-likeness (QED) is 0.350. The number of aromatic nitrogens is 4. The minimum absolute atomic E-state index is 0.0666. The number of alkyl halides is 3. The molecule has 0 amide bonds. The monoisotopic (exact) mass is 574 g/mol. The molecular weight excluding hydrogens is 549 g/mol. The van der Waals surface area contributed by atoms with Crippen molar-refractivity contribution in [1.82, 2.24) is 24.5 Å². The Morgan fingerprint density at radius 2 is 1.80 bits per heavy atom. The van der Waals surface area contributed by atoms with Crippen molar-refractivity contribution in [3.05, 3.63) is 71.9 Å². The molecule has 10 nitrogen and oxygen atoms in total. The lowest BCUT2D eigenvalue weighted by Gasteiger charge is -2.36. The Balaban J connectivity index is 1.26. The number of nitrogens with one attached hydrogen (secondary N) is 1. The summed E-state index contributed by atoms with van der Waals surface area (Å²) in [6.45, 7) is 3.09. The van der Waals surface area contributed by atoms with E-state index in [1.54, 1.807) is 37.4 Å². The molecule has 0 aliphatic carbocycles. The molecule has 2 atom stereocenters. The number of aryl methyl sites for hydroxylation is 2. The van der Waals surface area contributed by atoms with Gasteiger partial charge < -0.3 is 14.8 Å². The second-order valence-electron chi connectivity index (χ2n) is 9.44. The van der Waals surface area contributed by atoms with Crippen molar-refractivity contribution in [3.8, 4) is 22.7 Å². The number of aliphatic hydroxyl groups excluding tert-OH is 1. The number of nitrogens with zero attached hydrogens (tertiary/aromatic N) is 5. The molecule has 0 unspecified atom stereocenters. The Bertz CT molecular complexity index is 1630. The van der Waals surface area contributed by atoms with Gasteiger partial charge >= 0.3 is 6.18 Å². The van der Waals surface area contributed by atoms with Crippen LogP contribution in [0.1, 0.15) is 23.4 Å². The van der Waals surface area contributed by atoms with Crippen molar-refractivity contribution >= 4 is 15.8 Å². The van der Waals surface area contributed by atoms with E-state index in [4.69, 9.17) is 4.42 Å². The van der Waals surface area contributed by atoms with Crippen LogP contribution in [-0.2, 0) is 16.2 Å². The fourth-order valence-electron chi connectivity index (χ4n) is 4.44. The van der Waals surface area contributed by atoms with Crippen LogP contribution in [0.3, 0.4) is 0 Å². The van der Waals surface area contributed by atoms with Crippen LogP contribution in [0.5, 0.6) is 0 Å². The number of anilines is 1. The minimum atomic E-state index is -4.51. The zero-order chi connectivity index (χ0) is 28.7. The lowest BCUT2D eigenvalue weighted by Crippen LogP contribution is -2.51. The maximum absolute atomic E-state index is 13.3. The SMILES string of the molecule is Cc1nnc(-c2cc(-c3ccc(S(=O)(=O)N4CC[C@@H](Nc5ncc(C(F)(F)F)cc5C)[C@@H](O)C4)cc3)ccn2)o1. The molecule has 0 radical (unpaired) electrons. The molecule has 0 saturated carbocycles. The third kappa shape index (κ3) is 5.69. The van der Waals surface area contributed by atoms with Gasteiger partial charge in [-0.15, -0.1) is 10.2 Å². The second-order valence-corrected chi connectivity index (χ2v) is 11.4. The lowest BCUT2D eigenvalue weighted by molar-refractivity contribution is -0.137. The molecule has 3 aromatic heterocycles. The van der Waals surface area contributed by atoms with Crippen molar-refractivity contribution in [2.24, 2.45) is 0 Å². The molecule has 1 fully saturated rings. The van der Waals surface area contributed by atoms with E-state index in [0.29, 0.717) is 11.6 Å². The minimum Gasteiger partial charge on any atom is -0.420 e. The van der Waals surface area contributed by atoms with Crippen LogP contribution in [-0.4, -0.2) is 63.2 Å². The van der Waals surface area contributed by atoms with Gasteiger partial charge in [0.15, 0.2) is 0 Å². The van der Waals surface area contributed by atoms with Crippen molar-refractivity contribution in [2.75, 3.05) is 18.4 Å². The lowest BCUT2D eigenvalue weighted by atomic mass is 10.0. The summed E-state index contributed by atoms with van der Waals surface area (Å²) in [7, 11) is -3.91. The Kier molecular flexibility index (Phi) is 7.33. The molecule has 4 aromatic rings. The van der Waals surface area contributed by atoms with Crippen molar-refractivity contribution < 1.29 is 31.1 Å².